The molecule has 0 amide bonds. The minimum Gasteiger partial charge on any atom is -0.394 e. The number of para-hydroxylation sites is 2. The van der Waals surface area contributed by atoms with Gasteiger partial charge < -0.3 is 14.8 Å². The number of nitrogens with one attached hydrogen (secondary N) is 1. The van der Waals surface area contributed by atoms with Gasteiger partial charge in [0.1, 0.15) is 5.82 Å². The van der Waals surface area contributed by atoms with Gasteiger partial charge in [-0.3, -0.25) is 4.90 Å². The summed E-state index contributed by atoms with van der Waals surface area (Å²) in [4.78, 5) is 10.2. The van der Waals surface area contributed by atoms with E-state index < -0.39 is 0 Å². The van der Waals surface area contributed by atoms with E-state index in [0.717, 1.165) is 36.5 Å². The molecule has 2 heterocycles. The number of hydrogen-bond acceptors (Lipinski definition) is 4. The first-order chi connectivity index (χ1) is 9.24. The predicted octanol–water partition coefficient (Wildman–Crippen LogP) is 1.14. The number of ether oxygens (including phenoxy) is 1. The number of nitrogens with zero attached hydrogens (tertiary/aromatic N) is 2. The molecule has 5 nitrogen and oxygen atoms in total. The maximum absolute atomic E-state index is 9.23. The van der Waals surface area contributed by atoms with Crippen molar-refractivity contribution in [2.24, 2.45) is 0 Å². The first-order valence-electron chi connectivity index (χ1n) is 6.67. The van der Waals surface area contributed by atoms with Gasteiger partial charge in [0.2, 0.25) is 0 Å². The Hall–Kier alpha value is -1.43. The van der Waals surface area contributed by atoms with Crippen LogP contribution in [0.2, 0.25) is 0 Å². The average Bonchev–Trinajstić information content (AvgIpc) is 2.80. The lowest BCUT2D eigenvalue weighted by molar-refractivity contribution is -0.0976. The highest BCUT2D eigenvalue weighted by Gasteiger charge is 2.25. The number of aliphatic hydroxyl groups is 1. The Kier molecular flexibility index (Phi) is 3.50. The number of H-pyrrole nitrogens is 1. The maximum atomic E-state index is 9.23. The molecule has 2 N–H and O–H groups in total. The molecular formula is C14H19N3O2. The third-order valence-electron chi connectivity index (χ3n) is 3.42. The molecule has 0 spiro atoms. The molecule has 0 aliphatic carbocycles. The fraction of sp³-hybridized carbons (Fsp3) is 0.500. The van der Waals surface area contributed by atoms with Crippen LogP contribution in [0.1, 0.15) is 12.7 Å². The van der Waals surface area contributed by atoms with Crippen molar-refractivity contribution in [3.63, 3.8) is 0 Å². The Morgan fingerprint density at radius 1 is 1.42 bits per heavy atom. The van der Waals surface area contributed by atoms with Gasteiger partial charge in [-0.05, 0) is 19.1 Å². The number of aromatic amines is 1. The molecule has 0 bridgehead atoms. The van der Waals surface area contributed by atoms with Crippen molar-refractivity contribution in [2.45, 2.75) is 25.7 Å². The zero-order valence-corrected chi connectivity index (χ0v) is 11.0. The topological polar surface area (TPSA) is 61.4 Å². The lowest BCUT2D eigenvalue weighted by Gasteiger charge is -2.35. The summed E-state index contributed by atoms with van der Waals surface area (Å²) in [5, 5.41) is 9.23. The van der Waals surface area contributed by atoms with Gasteiger partial charge in [-0.15, -0.1) is 0 Å². The zero-order valence-electron chi connectivity index (χ0n) is 11.0. The van der Waals surface area contributed by atoms with Crippen molar-refractivity contribution in [3.8, 4) is 0 Å². The summed E-state index contributed by atoms with van der Waals surface area (Å²) in [7, 11) is 0. The molecule has 1 saturated heterocycles. The number of aliphatic hydroxyl groups excluding tert-OH is 1. The van der Waals surface area contributed by atoms with E-state index in [4.69, 9.17) is 4.74 Å². The van der Waals surface area contributed by atoms with Crippen molar-refractivity contribution < 1.29 is 9.84 Å². The van der Waals surface area contributed by atoms with Crippen LogP contribution in [0.4, 0.5) is 0 Å². The SMILES string of the molecule is CC1CN(Cc2nc3ccccc3[nH]2)CC(CO)O1. The fourth-order valence-electron chi connectivity index (χ4n) is 2.66. The first kappa shape index (κ1) is 12.6. The first-order valence-corrected chi connectivity index (χ1v) is 6.67. The third kappa shape index (κ3) is 2.78. The van der Waals surface area contributed by atoms with Crippen LogP contribution in [0.25, 0.3) is 11.0 Å². The Bertz CT molecular complexity index is 521. The maximum Gasteiger partial charge on any atom is 0.121 e. The monoisotopic (exact) mass is 261 g/mol. The smallest absolute Gasteiger partial charge is 0.121 e. The summed E-state index contributed by atoms with van der Waals surface area (Å²) >= 11 is 0. The second kappa shape index (κ2) is 5.28. The summed E-state index contributed by atoms with van der Waals surface area (Å²) in [6.45, 7) is 4.48. The van der Waals surface area contributed by atoms with Gasteiger partial charge >= 0.3 is 0 Å². The highest BCUT2D eigenvalue weighted by atomic mass is 16.5. The van der Waals surface area contributed by atoms with Crippen molar-refractivity contribution >= 4 is 11.0 Å². The summed E-state index contributed by atoms with van der Waals surface area (Å²) < 4.78 is 5.64. The third-order valence-corrected chi connectivity index (χ3v) is 3.42. The normalized spacial score (nSPS) is 24.9. The van der Waals surface area contributed by atoms with Gasteiger partial charge in [-0.2, -0.15) is 0 Å². The summed E-state index contributed by atoms with van der Waals surface area (Å²) in [6.07, 6.45) is 0.0587. The number of benzene rings is 1. The summed E-state index contributed by atoms with van der Waals surface area (Å²) in [5.74, 6) is 0.965. The second-order valence-corrected chi connectivity index (χ2v) is 5.15. The molecule has 102 valence electrons. The molecule has 1 aliphatic rings. The Morgan fingerprint density at radius 2 is 2.26 bits per heavy atom. The molecule has 0 radical (unpaired) electrons. The number of fused-ring (bicyclic) bond motifs is 1. The highest BCUT2D eigenvalue weighted by Crippen LogP contribution is 2.15. The van der Waals surface area contributed by atoms with Crippen LogP contribution in [-0.4, -0.2) is 51.9 Å². The van der Waals surface area contributed by atoms with Gasteiger partial charge in [-0.25, -0.2) is 4.98 Å². The van der Waals surface area contributed by atoms with E-state index in [1.807, 2.05) is 31.2 Å². The van der Waals surface area contributed by atoms with Crippen molar-refractivity contribution in [1.29, 1.82) is 0 Å². The van der Waals surface area contributed by atoms with E-state index >= 15 is 0 Å². The molecule has 1 aliphatic heterocycles. The molecule has 2 aromatic rings. The van der Waals surface area contributed by atoms with Gasteiger partial charge in [-0.1, -0.05) is 12.1 Å². The molecule has 0 saturated carbocycles. The molecule has 2 atom stereocenters. The van der Waals surface area contributed by atoms with Gasteiger partial charge in [0.05, 0.1) is 36.4 Å². The van der Waals surface area contributed by atoms with E-state index in [1.54, 1.807) is 0 Å². The Morgan fingerprint density at radius 3 is 3.05 bits per heavy atom. The second-order valence-electron chi connectivity index (χ2n) is 5.15. The van der Waals surface area contributed by atoms with Gasteiger partial charge in [0, 0.05) is 13.1 Å². The fourth-order valence-corrected chi connectivity index (χ4v) is 2.66. The van der Waals surface area contributed by atoms with Crippen LogP contribution in [0.5, 0.6) is 0 Å². The van der Waals surface area contributed by atoms with Crippen LogP contribution in [0, 0.1) is 0 Å². The molecule has 1 aromatic heterocycles. The molecule has 2 unspecified atom stereocenters. The number of rotatable bonds is 3. The van der Waals surface area contributed by atoms with Crippen LogP contribution in [0.15, 0.2) is 24.3 Å². The number of hydrogen-bond donors (Lipinski definition) is 2. The Balaban J connectivity index is 1.73. The zero-order chi connectivity index (χ0) is 13.2. The van der Waals surface area contributed by atoms with E-state index in [2.05, 4.69) is 14.9 Å². The standard InChI is InChI=1S/C14H19N3O2/c1-10-6-17(7-11(9-18)19-10)8-14-15-12-4-2-3-5-13(12)16-14/h2-5,10-11,18H,6-9H2,1H3,(H,15,16). The molecule has 5 heteroatoms. The van der Waals surface area contributed by atoms with Gasteiger partial charge in [0.25, 0.3) is 0 Å². The average molecular weight is 261 g/mol. The number of imidazole rings is 1. The van der Waals surface area contributed by atoms with Gasteiger partial charge in [0.15, 0.2) is 0 Å². The summed E-state index contributed by atoms with van der Waals surface area (Å²) in [5.41, 5.74) is 2.06. The largest absolute Gasteiger partial charge is 0.394 e. The van der Waals surface area contributed by atoms with Crippen molar-refractivity contribution in [2.75, 3.05) is 19.7 Å². The Labute approximate surface area is 112 Å². The molecule has 1 fully saturated rings. The molecule has 1 aromatic carbocycles. The van der Waals surface area contributed by atoms with Crippen molar-refractivity contribution in [1.82, 2.24) is 14.9 Å². The lowest BCUT2D eigenvalue weighted by atomic mass is 10.2. The van der Waals surface area contributed by atoms with Crippen LogP contribution < -0.4 is 0 Å². The molecule has 3 rings (SSSR count). The van der Waals surface area contributed by atoms with E-state index in [-0.39, 0.29) is 18.8 Å². The van der Waals surface area contributed by atoms with E-state index in [0.29, 0.717) is 0 Å². The highest BCUT2D eigenvalue weighted by molar-refractivity contribution is 5.74. The quantitative estimate of drug-likeness (QED) is 0.870. The van der Waals surface area contributed by atoms with Crippen LogP contribution in [0.3, 0.4) is 0 Å². The number of aromatic nitrogens is 2. The molecular weight excluding hydrogens is 242 g/mol. The van der Waals surface area contributed by atoms with E-state index in [9.17, 15) is 5.11 Å². The molecule has 19 heavy (non-hydrogen) atoms. The van der Waals surface area contributed by atoms with Crippen molar-refractivity contribution in [3.05, 3.63) is 30.1 Å². The van der Waals surface area contributed by atoms with Crippen LogP contribution >= 0.6 is 0 Å². The summed E-state index contributed by atoms with van der Waals surface area (Å²) in [6, 6.07) is 8.03. The minimum absolute atomic E-state index is 0.0704. The van der Waals surface area contributed by atoms with E-state index in [1.165, 1.54) is 0 Å². The minimum atomic E-state index is -0.0897. The number of morpholine rings is 1. The lowest BCUT2D eigenvalue weighted by Crippen LogP contribution is -2.47. The van der Waals surface area contributed by atoms with Crippen LogP contribution in [-0.2, 0) is 11.3 Å². The predicted molar refractivity (Wildman–Crippen MR) is 72.8 cm³/mol.